The average molecular weight is 397 g/mol. The Morgan fingerprint density at radius 2 is 2.03 bits per heavy atom. The predicted octanol–water partition coefficient (Wildman–Crippen LogP) is 5.56. The number of benzene rings is 2. The zero-order chi connectivity index (χ0) is 20.9. The van der Waals surface area contributed by atoms with Crippen LogP contribution in [-0.2, 0) is 4.79 Å². The van der Waals surface area contributed by atoms with E-state index in [0.29, 0.717) is 27.9 Å². The molecule has 0 radical (unpaired) electrons. The van der Waals surface area contributed by atoms with Gasteiger partial charge in [0.1, 0.15) is 12.0 Å². The number of hydrogen-bond acceptors (Lipinski definition) is 2. The number of carboxylic acid groups (broad SMARTS) is 1. The quantitative estimate of drug-likeness (QED) is 0.463. The van der Waals surface area contributed by atoms with Gasteiger partial charge in [0.05, 0.1) is 23.7 Å². The maximum absolute atomic E-state index is 15.3. The van der Waals surface area contributed by atoms with E-state index in [9.17, 15) is 14.3 Å². The first-order valence-electron chi connectivity index (χ1n) is 9.41. The van der Waals surface area contributed by atoms with Crippen LogP contribution in [0.25, 0.3) is 27.5 Å². The van der Waals surface area contributed by atoms with Crippen molar-refractivity contribution in [3.8, 4) is 5.69 Å². The Labute approximate surface area is 166 Å². The van der Waals surface area contributed by atoms with Crippen molar-refractivity contribution < 1.29 is 18.7 Å². The van der Waals surface area contributed by atoms with Gasteiger partial charge in [-0.3, -0.25) is 9.89 Å². The van der Waals surface area contributed by atoms with E-state index >= 15 is 4.39 Å². The van der Waals surface area contributed by atoms with Gasteiger partial charge in [0.15, 0.2) is 0 Å². The van der Waals surface area contributed by atoms with Crippen LogP contribution >= 0.6 is 0 Å². The molecule has 0 bridgehead atoms. The third-order valence-electron chi connectivity index (χ3n) is 5.22. The molecule has 4 aromatic rings. The third kappa shape index (κ3) is 3.16. The van der Waals surface area contributed by atoms with Gasteiger partial charge in [-0.05, 0) is 48.7 Å². The molecular formula is C22H21F2N3O2. The molecule has 0 aliphatic heterocycles. The molecule has 5 nitrogen and oxygen atoms in total. The van der Waals surface area contributed by atoms with Crippen molar-refractivity contribution in [1.82, 2.24) is 14.8 Å². The molecule has 4 rings (SSSR count). The van der Waals surface area contributed by atoms with Crippen molar-refractivity contribution in [2.75, 3.05) is 0 Å². The predicted molar refractivity (Wildman–Crippen MR) is 108 cm³/mol. The Morgan fingerprint density at radius 3 is 2.69 bits per heavy atom. The van der Waals surface area contributed by atoms with Crippen LogP contribution in [0.4, 0.5) is 8.78 Å². The minimum absolute atomic E-state index is 0.0914. The summed E-state index contributed by atoms with van der Waals surface area (Å²) < 4.78 is 31.0. The highest BCUT2D eigenvalue weighted by molar-refractivity contribution is 5.99. The van der Waals surface area contributed by atoms with E-state index in [1.807, 2.05) is 24.5 Å². The minimum atomic E-state index is -1.67. The maximum Gasteiger partial charge on any atom is 0.306 e. The standard InChI is InChI=1S/C22H21F2N3O2/c1-11(2)22-21(17(24)9-20(28)29)15-8-18-13(10-25-26-18)7-19(15)27(22)14-4-5-16(23)12(3)6-14/h4-8,10-11,17H,9H2,1-3H3,(H,25,26)(H,28,29)/t17-/m1/s1. The number of carbonyl (C=O) groups is 1. The SMILES string of the molecule is Cc1cc(-n2c(C(C)C)c([C@H](F)CC(=O)O)c3cc4[nH]ncc4cc32)ccc1F. The van der Waals surface area contributed by atoms with Gasteiger partial charge in [-0.2, -0.15) is 5.10 Å². The molecule has 2 heterocycles. The van der Waals surface area contributed by atoms with Gasteiger partial charge in [-0.15, -0.1) is 0 Å². The van der Waals surface area contributed by atoms with Gasteiger partial charge in [-0.25, -0.2) is 8.78 Å². The Bertz CT molecular complexity index is 1240. The van der Waals surface area contributed by atoms with E-state index in [4.69, 9.17) is 0 Å². The number of hydrogen-bond donors (Lipinski definition) is 2. The van der Waals surface area contributed by atoms with Crippen LogP contribution in [0.3, 0.4) is 0 Å². The number of nitrogens with one attached hydrogen (secondary N) is 1. The second-order valence-corrected chi connectivity index (χ2v) is 7.61. The Hall–Kier alpha value is -3.22. The lowest BCUT2D eigenvalue weighted by atomic mass is 9.97. The molecule has 2 aromatic carbocycles. The van der Waals surface area contributed by atoms with Gasteiger partial charge < -0.3 is 9.67 Å². The number of halogens is 2. The van der Waals surface area contributed by atoms with Crippen molar-refractivity contribution >= 4 is 27.8 Å². The van der Waals surface area contributed by atoms with Gasteiger partial charge >= 0.3 is 5.97 Å². The molecule has 29 heavy (non-hydrogen) atoms. The smallest absolute Gasteiger partial charge is 0.306 e. The zero-order valence-corrected chi connectivity index (χ0v) is 16.3. The van der Waals surface area contributed by atoms with E-state index in [-0.39, 0.29) is 11.7 Å². The lowest BCUT2D eigenvalue weighted by molar-refractivity contribution is -0.138. The second kappa shape index (κ2) is 6.99. The number of fused-ring (bicyclic) bond motifs is 2. The fourth-order valence-corrected chi connectivity index (χ4v) is 3.97. The number of aromatic nitrogens is 3. The van der Waals surface area contributed by atoms with E-state index in [0.717, 1.165) is 16.4 Å². The Balaban J connectivity index is 2.13. The summed E-state index contributed by atoms with van der Waals surface area (Å²) in [7, 11) is 0. The number of aliphatic carboxylic acids is 1. The molecule has 0 amide bonds. The van der Waals surface area contributed by atoms with Crippen LogP contribution in [0, 0.1) is 12.7 Å². The number of H-pyrrole nitrogens is 1. The highest BCUT2D eigenvalue weighted by atomic mass is 19.1. The number of rotatable bonds is 5. The van der Waals surface area contributed by atoms with E-state index in [2.05, 4.69) is 10.2 Å². The average Bonchev–Trinajstić information content (AvgIpc) is 3.23. The van der Waals surface area contributed by atoms with Crippen LogP contribution in [0.1, 0.15) is 49.2 Å². The molecule has 0 aliphatic rings. The van der Waals surface area contributed by atoms with E-state index < -0.39 is 18.6 Å². The van der Waals surface area contributed by atoms with Gasteiger partial charge in [0.2, 0.25) is 0 Å². The highest BCUT2D eigenvalue weighted by Gasteiger charge is 2.28. The normalized spacial score (nSPS) is 12.9. The summed E-state index contributed by atoms with van der Waals surface area (Å²) in [6.07, 6.45) is -0.612. The number of alkyl halides is 1. The summed E-state index contributed by atoms with van der Waals surface area (Å²) in [5.74, 6) is -1.61. The fraction of sp³-hybridized carbons (Fsp3) is 0.273. The van der Waals surface area contributed by atoms with Crippen molar-refractivity contribution in [3.63, 3.8) is 0 Å². The largest absolute Gasteiger partial charge is 0.481 e. The topological polar surface area (TPSA) is 70.9 Å². The maximum atomic E-state index is 15.3. The number of carboxylic acids is 1. The second-order valence-electron chi connectivity index (χ2n) is 7.61. The number of aryl methyl sites for hydroxylation is 1. The molecule has 7 heteroatoms. The number of nitrogens with zero attached hydrogens (tertiary/aromatic N) is 2. The van der Waals surface area contributed by atoms with Crippen LogP contribution in [-0.4, -0.2) is 25.8 Å². The molecule has 0 unspecified atom stereocenters. The summed E-state index contributed by atoms with van der Waals surface area (Å²) in [6.45, 7) is 5.55. The zero-order valence-electron chi connectivity index (χ0n) is 16.3. The molecule has 0 saturated carbocycles. The Kier molecular flexibility index (Phi) is 4.61. The summed E-state index contributed by atoms with van der Waals surface area (Å²) >= 11 is 0. The molecule has 2 aromatic heterocycles. The summed E-state index contributed by atoms with van der Waals surface area (Å²) in [4.78, 5) is 11.2. The molecule has 150 valence electrons. The summed E-state index contributed by atoms with van der Waals surface area (Å²) in [5.41, 5.74) is 3.69. The van der Waals surface area contributed by atoms with Crippen LogP contribution in [0.2, 0.25) is 0 Å². The highest BCUT2D eigenvalue weighted by Crippen LogP contribution is 2.41. The first kappa shape index (κ1) is 19.1. The molecule has 0 saturated heterocycles. The molecular weight excluding hydrogens is 376 g/mol. The lowest BCUT2D eigenvalue weighted by Gasteiger charge is -2.17. The molecule has 2 N–H and O–H groups in total. The first-order chi connectivity index (χ1) is 13.8. The van der Waals surface area contributed by atoms with Crippen LogP contribution in [0.15, 0.2) is 36.5 Å². The molecule has 0 spiro atoms. The summed E-state index contributed by atoms with van der Waals surface area (Å²) in [5, 5.41) is 17.6. The van der Waals surface area contributed by atoms with Gasteiger partial charge in [0, 0.05) is 27.7 Å². The minimum Gasteiger partial charge on any atom is -0.481 e. The van der Waals surface area contributed by atoms with Gasteiger partial charge in [0.25, 0.3) is 0 Å². The number of aromatic amines is 1. The van der Waals surface area contributed by atoms with Crippen LogP contribution < -0.4 is 0 Å². The third-order valence-corrected chi connectivity index (χ3v) is 5.22. The summed E-state index contributed by atoms with van der Waals surface area (Å²) in [6, 6.07) is 8.46. The van der Waals surface area contributed by atoms with E-state index in [1.165, 1.54) is 6.07 Å². The first-order valence-corrected chi connectivity index (χ1v) is 9.41. The van der Waals surface area contributed by atoms with E-state index in [1.54, 1.807) is 31.3 Å². The van der Waals surface area contributed by atoms with Crippen molar-refractivity contribution in [3.05, 3.63) is 59.2 Å². The monoisotopic (exact) mass is 397 g/mol. The lowest BCUT2D eigenvalue weighted by Crippen LogP contribution is -2.08. The van der Waals surface area contributed by atoms with Crippen molar-refractivity contribution in [1.29, 1.82) is 0 Å². The van der Waals surface area contributed by atoms with Gasteiger partial charge in [-0.1, -0.05) is 13.8 Å². The van der Waals surface area contributed by atoms with Crippen molar-refractivity contribution in [2.45, 2.75) is 39.3 Å². The molecule has 0 fully saturated rings. The molecule has 0 aliphatic carbocycles. The molecule has 1 atom stereocenters. The van der Waals surface area contributed by atoms with Crippen LogP contribution in [0.5, 0.6) is 0 Å². The fourth-order valence-electron chi connectivity index (χ4n) is 3.97. The van der Waals surface area contributed by atoms with Crippen molar-refractivity contribution in [2.24, 2.45) is 0 Å². The Morgan fingerprint density at radius 1 is 1.28 bits per heavy atom.